The Bertz CT molecular complexity index is 332. The predicted octanol–water partition coefficient (Wildman–Crippen LogP) is 2.20. The van der Waals surface area contributed by atoms with Gasteiger partial charge in [0.25, 0.3) is 0 Å². The van der Waals surface area contributed by atoms with Crippen LogP contribution in [0.25, 0.3) is 0 Å². The minimum Gasteiger partial charge on any atom is -0.377 e. The van der Waals surface area contributed by atoms with Crippen LogP contribution in [0.1, 0.15) is 32.4 Å². The average molecular weight is 240 g/mol. The Labute approximate surface area is 101 Å². The van der Waals surface area contributed by atoms with Crippen LogP contribution in [-0.4, -0.2) is 34.1 Å². The Kier molecular flexibility index (Phi) is 3.76. The summed E-state index contributed by atoms with van der Waals surface area (Å²) in [5.74, 6) is 0.713. The van der Waals surface area contributed by atoms with Crippen molar-refractivity contribution < 1.29 is 0 Å². The van der Waals surface area contributed by atoms with E-state index in [1.807, 2.05) is 7.05 Å². The van der Waals surface area contributed by atoms with E-state index in [1.54, 1.807) is 0 Å². The molecule has 1 aliphatic carbocycles. The van der Waals surface area contributed by atoms with Gasteiger partial charge in [-0.15, -0.1) is 5.10 Å². The standard InChI is InChI=1S/C11H20N4S/c1-8(2)6-15(9-4-5-9)7-10-11(12-3)16-14-13-10/h8-9,12H,4-7H2,1-3H3. The monoisotopic (exact) mass is 240 g/mol. The molecule has 0 saturated heterocycles. The molecule has 0 aliphatic heterocycles. The molecule has 1 aromatic heterocycles. The number of nitrogens with one attached hydrogen (secondary N) is 1. The Morgan fingerprint density at radius 1 is 1.50 bits per heavy atom. The van der Waals surface area contributed by atoms with E-state index in [4.69, 9.17) is 0 Å². The van der Waals surface area contributed by atoms with Gasteiger partial charge in [-0.3, -0.25) is 4.90 Å². The Morgan fingerprint density at radius 3 is 2.81 bits per heavy atom. The second-order valence-corrected chi connectivity index (χ2v) is 5.61. The molecule has 0 amide bonds. The Balaban J connectivity index is 1.99. The summed E-state index contributed by atoms with van der Waals surface area (Å²) >= 11 is 1.44. The first kappa shape index (κ1) is 11.8. The van der Waals surface area contributed by atoms with Crippen molar-refractivity contribution in [2.24, 2.45) is 5.92 Å². The molecule has 0 unspecified atom stereocenters. The molecule has 0 spiro atoms. The SMILES string of the molecule is CNc1snnc1CN(CC(C)C)C1CC1. The molecular weight excluding hydrogens is 220 g/mol. The van der Waals surface area contributed by atoms with Crippen molar-refractivity contribution in [2.75, 3.05) is 18.9 Å². The smallest absolute Gasteiger partial charge is 0.134 e. The molecule has 0 aromatic carbocycles. The highest BCUT2D eigenvalue weighted by Gasteiger charge is 2.30. The normalized spacial score (nSPS) is 16.1. The second kappa shape index (κ2) is 5.10. The fraction of sp³-hybridized carbons (Fsp3) is 0.818. The van der Waals surface area contributed by atoms with Crippen LogP contribution in [0.3, 0.4) is 0 Å². The summed E-state index contributed by atoms with van der Waals surface area (Å²) in [5.41, 5.74) is 1.10. The third-order valence-electron chi connectivity index (χ3n) is 2.80. The third kappa shape index (κ3) is 2.92. The molecule has 4 nitrogen and oxygen atoms in total. The maximum atomic E-state index is 4.21. The maximum absolute atomic E-state index is 4.21. The van der Waals surface area contributed by atoms with Gasteiger partial charge in [0.15, 0.2) is 0 Å². The zero-order valence-electron chi connectivity index (χ0n) is 10.2. The van der Waals surface area contributed by atoms with E-state index in [0.717, 1.165) is 29.8 Å². The summed E-state index contributed by atoms with van der Waals surface area (Å²) in [4.78, 5) is 2.54. The summed E-state index contributed by atoms with van der Waals surface area (Å²) in [5, 5.41) is 8.48. The molecule has 0 bridgehead atoms. The summed E-state index contributed by atoms with van der Waals surface area (Å²) in [6.07, 6.45) is 2.69. The van der Waals surface area contributed by atoms with Crippen molar-refractivity contribution in [1.29, 1.82) is 0 Å². The van der Waals surface area contributed by atoms with E-state index in [1.165, 1.54) is 24.4 Å². The molecule has 1 aliphatic rings. The van der Waals surface area contributed by atoms with Crippen molar-refractivity contribution in [3.05, 3.63) is 5.69 Å². The van der Waals surface area contributed by atoms with Gasteiger partial charge in [-0.2, -0.15) is 0 Å². The fourth-order valence-corrected chi connectivity index (χ4v) is 2.47. The molecule has 16 heavy (non-hydrogen) atoms. The predicted molar refractivity (Wildman–Crippen MR) is 67.7 cm³/mol. The minimum atomic E-state index is 0.713. The molecule has 1 saturated carbocycles. The van der Waals surface area contributed by atoms with E-state index in [-0.39, 0.29) is 0 Å². The largest absolute Gasteiger partial charge is 0.377 e. The molecule has 1 aromatic rings. The second-order valence-electron chi connectivity index (χ2n) is 4.85. The van der Waals surface area contributed by atoms with Crippen molar-refractivity contribution in [3.8, 4) is 0 Å². The molecule has 1 heterocycles. The van der Waals surface area contributed by atoms with Gasteiger partial charge in [0, 0.05) is 37.7 Å². The van der Waals surface area contributed by atoms with Gasteiger partial charge >= 0.3 is 0 Å². The van der Waals surface area contributed by atoms with Crippen LogP contribution in [0, 0.1) is 5.92 Å². The van der Waals surface area contributed by atoms with E-state index < -0.39 is 0 Å². The summed E-state index contributed by atoms with van der Waals surface area (Å²) in [7, 11) is 1.93. The first-order valence-electron chi connectivity index (χ1n) is 5.93. The quantitative estimate of drug-likeness (QED) is 0.827. The zero-order chi connectivity index (χ0) is 11.5. The van der Waals surface area contributed by atoms with Crippen molar-refractivity contribution in [3.63, 3.8) is 0 Å². The summed E-state index contributed by atoms with van der Waals surface area (Å²) in [6, 6.07) is 0.786. The van der Waals surface area contributed by atoms with Crippen LogP contribution in [0.5, 0.6) is 0 Å². The number of hydrogen-bond acceptors (Lipinski definition) is 5. The van der Waals surface area contributed by atoms with Gasteiger partial charge in [-0.25, -0.2) is 0 Å². The minimum absolute atomic E-state index is 0.713. The van der Waals surface area contributed by atoms with Crippen LogP contribution in [0.15, 0.2) is 0 Å². The van der Waals surface area contributed by atoms with Crippen LogP contribution >= 0.6 is 11.5 Å². The number of rotatable bonds is 6. The molecular formula is C11H20N4S. The molecule has 1 N–H and O–H groups in total. The first-order chi connectivity index (χ1) is 7.70. The van der Waals surface area contributed by atoms with Crippen molar-refractivity contribution >= 4 is 16.5 Å². The summed E-state index contributed by atoms with van der Waals surface area (Å²) in [6.45, 7) is 6.64. The van der Waals surface area contributed by atoms with Crippen LogP contribution < -0.4 is 5.32 Å². The average Bonchev–Trinajstić information content (AvgIpc) is 2.98. The van der Waals surface area contributed by atoms with Crippen LogP contribution in [0.2, 0.25) is 0 Å². The van der Waals surface area contributed by atoms with E-state index in [9.17, 15) is 0 Å². The fourth-order valence-electron chi connectivity index (χ4n) is 1.95. The zero-order valence-corrected chi connectivity index (χ0v) is 11.0. The number of anilines is 1. The van der Waals surface area contributed by atoms with Crippen LogP contribution in [0.4, 0.5) is 5.00 Å². The van der Waals surface area contributed by atoms with E-state index >= 15 is 0 Å². The van der Waals surface area contributed by atoms with Gasteiger partial charge in [0.1, 0.15) is 10.7 Å². The Hall–Kier alpha value is -0.680. The molecule has 90 valence electrons. The highest BCUT2D eigenvalue weighted by Crippen LogP contribution is 2.30. The maximum Gasteiger partial charge on any atom is 0.134 e. The lowest BCUT2D eigenvalue weighted by Crippen LogP contribution is -2.29. The Morgan fingerprint density at radius 2 is 2.25 bits per heavy atom. The molecule has 1 fully saturated rings. The molecule has 5 heteroatoms. The third-order valence-corrected chi connectivity index (χ3v) is 3.58. The summed E-state index contributed by atoms with van der Waals surface area (Å²) < 4.78 is 4.01. The number of hydrogen-bond donors (Lipinski definition) is 1. The molecule has 2 rings (SSSR count). The topological polar surface area (TPSA) is 41.1 Å². The number of nitrogens with zero attached hydrogens (tertiary/aromatic N) is 3. The van der Waals surface area contributed by atoms with E-state index in [0.29, 0.717) is 5.92 Å². The lowest BCUT2D eigenvalue weighted by Gasteiger charge is -2.23. The lowest BCUT2D eigenvalue weighted by atomic mass is 10.2. The van der Waals surface area contributed by atoms with Crippen LogP contribution in [-0.2, 0) is 6.54 Å². The van der Waals surface area contributed by atoms with Crippen molar-refractivity contribution in [1.82, 2.24) is 14.5 Å². The molecule has 0 atom stereocenters. The van der Waals surface area contributed by atoms with Gasteiger partial charge in [0.2, 0.25) is 0 Å². The van der Waals surface area contributed by atoms with E-state index in [2.05, 4.69) is 33.7 Å². The van der Waals surface area contributed by atoms with Gasteiger partial charge in [-0.05, 0) is 18.8 Å². The van der Waals surface area contributed by atoms with Gasteiger partial charge in [0.05, 0.1) is 0 Å². The lowest BCUT2D eigenvalue weighted by molar-refractivity contribution is 0.224. The number of aromatic nitrogens is 2. The highest BCUT2D eigenvalue weighted by atomic mass is 32.1. The highest BCUT2D eigenvalue weighted by molar-refractivity contribution is 7.10. The van der Waals surface area contributed by atoms with Gasteiger partial charge in [-0.1, -0.05) is 18.3 Å². The first-order valence-corrected chi connectivity index (χ1v) is 6.71. The van der Waals surface area contributed by atoms with Gasteiger partial charge < -0.3 is 5.32 Å². The van der Waals surface area contributed by atoms with Crippen molar-refractivity contribution in [2.45, 2.75) is 39.3 Å². The molecule has 0 radical (unpaired) electrons.